The molecule has 0 atom stereocenters. The lowest BCUT2D eigenvalue weighted by Crippen LogP contribution is -2.23. The Kier molecular flexibility index (Phi) is 3.45. The third-order valence-corrected chi connectivity index (χ3v) is 4.11. The highest BCUT2D eigenvalue weighted by Gasteiger charge is 2.33. The van der Waals surface area contributed by atoms with Gasteiger partial charge >= 0.3 is 0 Å². The minimum absolute atomic E-state index is 0.00154. The average molecular weight is 322 g/mol. The van der Waals surface area contributed by atoms with E-state index in [0.29, 0.717) is 17.7 Å². The van der Waals surface area contributed by atoms with Crippen LogP contribution in [-0.2, 0) is 13.1 Å². The first-order valence-corrected chi connectivity index (χ1v) is 7.04. The monoisotopic (exact) mass is 321 g/mol. The van der Waals surface area contributed by atoms with E-state index >= 15 is 0 Å². The van der Waals surface area contributed by atoms with Gasteiger partial charge in [-0.1, -0.05) is 17.7 Å². The summed E-state index contributed by atoms with van der Waals surface area (Å²) in [5.74, 6) is -1.59. The molecule has 1 aliphatic heterocycles. The Morgan fingerprint density at radius 2 is 2.05 bits per heavy atom. The summed E-state index contributed by atoms with van der Waals surface area (Å²) in [6.07, 6.45) is 0. The van der Waals surface area contributed by atoms with Crippen LogP contribution in [0.25, 0.3) is 0 Å². The first-order valence-electron chi connectivity index (χ1n) is 6.66. The highest BCUT2D eigenvalue weighted by Crippen LogP contribution is 2.39. The summed E-state index contributed by atoms with van der Waals surface area (Å²) in [7, 11) is 0. The van der Waals surface area contributed by atoms with Gasteiger partial charge in [0, 0.05) is 13.1 Å². The van der Waals surface area contributed by atoms with E-state index in [4.69, 9.17) is 11.6 Å². The number of amides is 1. The van der Waals surface area contributed by atoms with Crippen molar-refractivity contribution < 1.29 is 19.4 Å². The van der Waals surface area contributed by atoms with Crippen molar-refractivity contribution in [1.82, 2.24) is 4.90 Å². The molecule has 0 unspecified atom stereocenters. The van der Waals surface area contributed by atoms with Crippen molar-refractivity contribution in [3.8, 4) is 11.5 Å². The van der Waals surface area contributed by atoms with Gasteiger partial charge in [-0.25, -0.2) is 4.39 Å². The first kappa shape index (κ1) is 14.7. The quantitative estimate of drug-likeness (QED) is 0.834. The molecule has 0 saturated carbocycles. The van der Waals surface area contributed by atoms with Crippen LogP contribution in [0.4, 0.5) is 4.39 Å². The van der Waals surface area contributed by atoms with Gasteiger partial charge in [0.25, 0.3) is 5.91 Å². The number of aryl methyl sites for hydroxylation is 1. The van der Waals surface area contributed by atoms with E-state index in [1.807, 2.05) is 0 Å². The summed E-state index contributed by atoms with van der Waals surface area (Å²) in [4.78, 5) is 13.9. The fourth-order valence-corrected chi connectivity index (χ4v) is 2.87. The SMILES string of the molecule is Cc1cc(O)c(O)c2c1CN(Cc1ccc(F)c(Cl)c1)C2=O. The number of halogens is 2. The second kappa shape index (κ2) is 5.18. The van der Waals surface area contributed by atoms with E-state index in [0.717, 1.165) is 5.56 Å². The normalized spacial score (nSPS) is 13.6. The Morgan fingerprint density at radius 1 is 1.32 bits per heavy atom. The van der Waals surface area contributed by atoms with Crippen LogP contribution in [0, 0.1) is 12.7 Å². The predicted molar refractivity (Wildman–Crippen MR) is 79.5 cm³/mol. The molecule has 1 heterocycles. The molecule has 0 aliphatic carbocycles. The molecule has 1 amide bonds. The Hall–Kier alpha value is -2.27. The van der Waals surface area contributed by atoms with Crippen LogP contribution in [-0.4, -0.2) is 21.0 Å². The Bertz CT molecular complexity index is 791. The summed E-state index contributed by atoms with van der Waals surface area (Å²) >= 11 is 5.74. The Morgan fingerprint density at radius 3 is 2.73 bits per heavy atom. The number of carbonyl (C=O) groups is 1. The van der Waals surface area contributed by atoms with Crippen molar-refractivity contribution in [3.63, 3.8) is 0 Å². The average Bonchev–Trinajstić information content (AvgIpc) is 2.78. The molecule has 6 heteroatoms. The van der Waals surface area contributed by atoms with E-state index in [1.54, 1.807) is 13.0 Å². The second-order valence-electron chi connectivity index (χ2n) is 5.32. The largest absolute Gasteiger partial charge is 0.504 e. The Labute approximate surface area is 131 Å². The van der Waals surface area contributed by atoms with Gasteiger partial charge in [0.1, 0.15) is 5.82 Å². The van der Waals surface area contributed by atoms with Crippen molar-refractivity contribution in [3.05, 3.63) is 57.4 Å². The molecule has 0 spiro atoms. The molecule has 0 radical (unpaired) electrons. The number of hydrogen-bond acceptors (Lipinski definition) is 3. The first-order chi connectivity index (χ1) is 10.4. The molecule has 0 saturated heterocycles. The van der Waals surface area contributed by atoms with Crippen molar-refractivity contribution in [1.29, 1.82) is 0 Å². The number of phenolic OH excluding ortho intramolecular Hbond substituents is 2. The summed E-state index contributed by atoms with van der Waals surface area (Å²) in [6.45, 7) is 2.33. The lowest BCUT2D eigenvalue weighted by atomic mass is 10.0. The van der Waals surface area contributed by atoms with Gasteiger partial charge < -0.3 is 15.1 Å². The van der Waals surface area contributed by atoms with Gasteiger partial charge in [-0.2, -0.15) is 0 Å². The molecule has 3 rings (SSSR count). The maximum Gasteiger partial charge on any atom is 0.258 e. The van der Waals surface area contributed by atoms with E-state index in [-0.39, 0.29) is 28.8 Å². The number of rotatable bonds is 2. The highest BCUT2D eigenvalue weighted by molar-refractivity contribution is 6.30. The smallest absolute Gasteiger partial charge is 0.258 e. The fraction of sp³-hybridized carbons (Fsp3) is 0.188. The van der Waals surface area contributed by atoms with E-state index in [9.17, 15) is 19.4 Å². The summed E-state index contributed by atoms with van der Waals surface area (Å²) in [5.41, 5.74) is 2.24. The van der Waals surface area contributed by atoms with Crippen molar-refractivity contribution in [2.45, 2.75) is 20.0 Å². The molecular formula is C16H13ClFNO3. The predicted octanol–water partition coefficient (Wildman–Crippen LogP) is 3.35. The molecule has 0 fully saturated rings. The van der Waals surface area contributed by atoms with Crippen molar-refractivity contribution in [2.75, 3.05) is 0 Å². The molecule has 114 valence electrons. The zero-order valence-corrected chi connectivity index (χ0v) is 12.5. The van der Waals surface area contributed by atoms with Crippen LogP contribution in [0.15, 0.2) is 24.3 Å². The minimum Gasteiger partial charge on any atom is -0.504 e. The zero-order valence-electron chi connectivity index (χ0n) is 11.7. The zero-order chi connectivity index (χ0) is 16.0. The van der Waals surface area contributed by atoms with Crippen LogP contribution in [0.5, 0.6) is 11.5 Å². The van der Waals surface area contributed by atoms with E-state index in [1.165, 1.54) is 23.1 Å². The summed E-state index contributed by atoms with van der Waals surface area (Å²) in [6, 6.07) is 5.71. The molecule has 2 aromatic rings. The van der Waals surface area contributed by atoms with Crippen molar-refractivity contribution >= 4 is 17.5 Å². The van der Waals surface area contributed by atoms with Crippen LogP contribution >= 0.6 is 11.6 Å². The van der Waals surface area contributed by atoms with Crippen molar-refractivity contribution in [2.24, 2.45) is 0 Å². The third kappa shape index (κ3) is 2.27. The molecule has 2 aromatic carbocycles. The van der Waals surface area contributed by atoms with E-state index < -0.39 is 11.6 Å². The van der Waals surface area contributed by atoms with Gasteiger partial charge in [-0.15, -0.1) is 0 Å². The minimum atomic E-state index is -0.514. The van der Waals surface area contributed by atoms with Gasteiger partial charge in [-0.3, -0.25) is 4.79 Å². The fourth-order valence-electron chi connectivity index (χ4n) is 2.67. The van der Waals surface area contributed by atoms with Gasteiger partial charge in [-0.05, 0) is 41.8 Å². The van der Waals surface area contributed by atoms with Gasteiger partial charge in [0.2, 0.25) is 0 Å². The Balaban J connectivity index is 1.93. The molecule has 1 aliphatic rings. The second-order valence-corrected chi connectivity index (χ2v) is 5.73. The van der Waals surface area contributed by atoms with Gasteiger partial charge in [0.15, 0.2) is 11.5 Å². The van der Waals surface area contributed by atoms with Crippen LogP contribution in [0.2, 0.25) is 5.02 Å². The van der Waals surface area contributed by atoms with Crippen LogP contribution in [0.3, 0.4) is 0 Å². The lowest BCUT2D eigenvalue weighted by molar-refractivity contribution is 0.0764. The summed E-state index contributed by atoms with van der Waals surface area (Å²) in [5, 5.41) is 19.6. The molecule has 4 nitrogen and oxygen atoms in total. The third-order valence-electron chi connectivity index (χ3n) is 3.82. The molecule has 0 bridgehead atoms. The summed E-state index contributed by atoms with van der Waals surface area (Å²) < 4.78 is 13.2. The molecule has 0 aromatic heterocycles. The number of phenols is 2. The van der Waals surface area contributed by atoms with E-state index in [2.05, 4.69) is 0 Å². The molecule has 2 N–H and O–H groups in total. The lowest BCUT2D eigenvalue weighted by Gasteiger charge is -2.16. The number of hydrogen-bond donors (Lipinski definition) is 2. The maximum absolute atomic E-state index is 13.2. The standard InChI is InChI=1S/C16H13ClFNO3/c1-8-4-13(20)15(21)14-10(8)7-19(16(14)22)6-9-2-3-12(18)11(17)5-9/h2-5,20-21H,6-7H2,1H3. The number of benzene rings is 2. The van der Waals surface area contributed by atoms with Crippen LogP contribution < -0.4 is 0 Å². The number of carbonyl (C=O) groups excluding carboxylic acids is 1. The number of aromatic hydroxyl groups is 2. The maximum atomic E-state index is 13.2. The number of nitrogens with zero attached hydrogens (tertiary/aromatic N) is 1. The highest BCUT2D eigenvalue weighted by atomic mass is 35.5. The van der Waals surface area contributed by atoms with Crippen LogP contribution in [0.1, 0.15) is 27.0 Å². The number of fused-ring (bicyclic) bond motifs is 1. The molecule has 22 heavy (non-hydrogen) atoms. The van der Waals surface area contributed by atoms with Gasteiger partial charge in [0.05, 0.1) is 10.6 Å². The topological polar surface area (TPSA) is 60.8 Å². The molecular weight excluding hydrogens is 309 g/mol.